The van der Waals surface area contributed by atoms with Gasteiger partial charge in [0.2, 0.25) is 16.0 Å². The molecular formula is C20H21N7O2S. The fraction of sp³-hybridized carbons (Fsp3) is 0.150. The largest absolute Gasteiger partial charge is 0.329 e. The topological polar surface area (TPSA) is 130 Å². The van der Waals surface area contributed by atoms with Gasteiger partial charge in [-0.1, -0.05) is 6.07 Å². The van der Waals surface area contributed by atoms with Crippen LogP contribution in [0.3, 0.4) is 0 Å². The first-order chi connectivity index (χ1) is 14.2. The Balaban J connectivity index is 1.64. The molecule has 10 heteroatoms. The molecule has 0 amide bonds. The van der Waals surface area contributed by atoms with Crippen molar-refractivity contribution in [3.63, 3.8) is 0 Å². The number of sulfonamides is 1. The molecule has 0 aliphatic rings. The highest BCUT2D eigenvalue weighted by Gasteiger charge is 2.13. The average Bonchev–Trinajstić information content (AvgIpc) is 3.09. The summed E-state index contributed by atoms with van der Waals surface area (Å²) in [5.74, 6) is 1.01. The first-order valence-electron chi connectivity index (χ1n) is 9.14. The number of aromatic nitrogens is 4. The Labute approximate surface area is 174 Å². The molecule has 0 spiro atoms. The van der Waals surface area contributed by atoms with Gasteiger partial charge in [0.15, 0.2) is 0 Å². The number of nitrogens with zero attached hydrogens (tertiary/aromatic N) is 4. The SMILES string of the molecule is Cc1ccc(S(N)(=O)=O)cc1Nc1nccc(N(C)c2ccc3c(C)n[nH]c3c2)n1. The van der Waals surface area contributed by atoms with Crippen LogP contribution >= 0.6 is 0 Å². The minimum Gasteiger partial charge on any atom is -0.329 e. The second-order valence-electron chi connectivity index (χ2n) is 6.98. The Bertz CT molecular complexity index is 1350. The highest BCUT2D eigenvalue weighted by molar-refractivity contribution is 7.89. The van der Waals surface area contributed by atoms with Crippen LogP contribution in [0.1, 0.15) is 11.3 Å². The number of aromatic amines is 1. The summed E-state index contributed by atoms with van der Waals surface area (Å²) >= 11 is 0. The van der Waals surface area contributed by atoms with Crippen LogP contribution in [0.4, 0.5) is 23.1 Å². The van der Waals surface area contributed by atoms with Crippen LogP contribution < -0.4 is 15.4 Å². The number of nitrogens with one attached hydrogen (secondary N) is 2. The summed E-state index contributed by atoms with van der Waals surface area (Å²) < 4.78 is 23.3. The number of nitrogens with two attached hydrogens (primary N) is 1. The zero-order valence-corrected chi connectivity index (χ0v) is 17.5. The monoisotopic (exact) mass is 423 g/mol. The van der Waals surface area contributed by atoms with E-state index in [0.717, 1.165) is 27.8 Å². The number of rotatable bonds is 5. The fourth-order valence-electron chi connectivity index (χ4n) is 3.11. The van der Waals surface area contributed by atoms with Gasteiger partial charge in [0.05, 0.1) is 16.1 Å². The van der Waals surface area contributed by atoms with E-state index in [1.807, 2.05) is 44.0 Å². The lowest BCUT2D eigenvalue weighted by Crippen LogP contribution is -2.13. The van der Waals surface area contributed by atoms with Gasteiger partial charge in [-0.2, -0.15) is 10.1 Å². The molecule has 0 atom stereocenters. The maximum Gasteiger partial charge on any atom is 0.238 e. The van der Waals surface area contributed by atoms with E-state index < -0.39 is 10.0 Å². The van der Waals surface area contributed by atoms with Crippen molar-refractivity contribution >= 4 is 44.1 Å². The quantitative estimate of drug-likeness (QED) is 0.449. The lowest BCUT2D eigenvalue weighted by Gasteiger charge is -2.19. The smallest absolute Gasteiger partial charge is 0.238 e. The Kier molecular flexibility index (Phi) is 4.88. The summed E-state index contributed by atoms with van der Waals surface area (Å²) in [4.78, 5) is 10.8. The van der Waals surface area contributed by atoms with Gasteiger partial charge in [-0.15, -0.1) is 0 Å². The van der Waals surface area contributed by atoms with E-state index in [-0.39, 0.29) is 4.90 Å². The summed E-state index contributed by atoms with van der Waals surface area (Å²) in [6.07, 6.45) is 1.64. The van der Waals surface area contributed by atoms with Crippen LogP contribution in [0.25, 0.3) is 10.9 Å². The van der Waals surface area contributed by atoms with E-state index in [4.69, 9.17) is 5.14 Å². The maximum atomic E-state index is 11.6. The number of fused-ring (bicyclic) bond motifs is 1. The lowest BCUT2D eigenvalue weighted by atomic mass is 10.2. The molecule has 0 aliphatic heterocycles. The number of primary sulfonamides is 1. The van der Waals surface area contributed by atoms with E-state index in [2.05, 4.69) is 25.5 Å². The molecule has 4 N–H and O–H groups in total. The molecule has 0 unspecified atom stereocenters. The lowest BCUT2D eigenvalue weighted by molar-refractivity contribution is 0.598. The van der Waals surface area contributed by atoms with Crippen molar-refractivity contribution in [2.75, 3.05) is 17.3 Å². The number of hydrogen-bond acceptors (Lipinski definition) is 7. The highest BCUT2D eigenvalue weighted by atomic mass is 32.2. The van der Waals surface area contributed by atoms with E-state index >= 15 is 0 Å². The Morgan fingerprint density at radius 1 is 1.10 bits per heavy atom. The molecule has 4 rings (SSSR count). The number of aryl methyl sites for hydroxylation is 2. The van der Waals surface area contributed by atoms with Crippen LogP contribution in [-0.4, -0.2) is 35.6 Å². The molecule has 0 saturated carbocycles. The minimum atomic E-state index is -3.81. The second-order valence-corrected chi connectivity index (χ2v) is 8.54. The average molecular weight is 424 g/mol. The molecule has 0 aliphatic carbocycles. The van der Waals surface area contributed by atoms with Crippen molar-refractivity contribution in [3.8, 4) is 0 Å². The molecule has 0 fully saturated rings. The normalized spacial score (nSPS) is 11.6. The van der Waals surface area contributed by atoms with Crippen molar-refractivity contribution in [2.24, 2.45) is 5.14 Å². The van der Waals surface area contributed by atoms with Crippen molar-refractivity contribution in [3.05, 3.63) is 59.9 Å². The molecule has 0 radical (unpaired) electrons. The van der Waals surface area contributed by atoms with Gasteiger partial charge in [-0.3, -0.25) is 5.10 Å². The van der Waals surface area contributed by atoms with Gasteiger partial charge in [-0.25, -0.2) is 18.5 Å². The molecule has 9 nitrogen and oxygen atoms in total. The van der Waals surface area contributed by atoms with E-state index in [0.29, 0.717) is 17.5 Å². The number of H-pyrrole nitrogens is 1. The Hall–Kier alpha value is -3.50. The Morgan fingerprint density at radius 2 is 1.90 bits per heavy atom. The standard InChI is InChI=1S/C20H21N7O2S/c1-12-4-6-15(30(21,28)29)11-17(12)23-20-22-9-8-19(24-20)27(3)14-5-7-16-13(2)25-26-18(16)10-14/h4-11H,1-3H3,(H,25,26)(H2,21,28,29)(H,22,23,24). The molecule has 30 heavy (non-hydrogen) atoms. The summed E-state index contributed by atoms with van der Waals surface area (Å²) in [5.41, 5.74) is 4.23. The van der Waals surface area contributed by atoms with Gasteiger partial charge >= 0.3 is 0 Å². The predicted molar refractivity (Wildman–Crippen MR) is 117 cm³/mol. The minimum absolute atomic E-state index is 0.0204. The summed E-state index contributed by atoms with van der Waals surface area (Å²) in [7, 11) is -1.90. The van der Waals surface area contributed by atoms with E-state index in [9.17, 15) is 8.42 Å². The van der Waals surface area contributed by atoms with Gasteiger partial charge in [0.25, 0.3) is 0 Å². The third-order valence-corrected chi connectivity index (χ3v) is 5.80. The third-order valence-electron chi connectivity index (χ3n) is 4.89. The number of anilines is 4. The second kappa shape index (κ2) is 7.39. The molecule has 2 aromatic heterocycles. The van der Waals surface area contributed by atoms with Crippen LogP contribution in [0.15, 0.2) is 53.6 Å². The number of benzene rings is 2. The van der Waals surface area contributed by atoms with Gasteiger partial charge in [-0.05, 0) is 55.8 Å². The molecule has 2 heterocycles. The van der Waals surface area contributed by atoms with Gasteiger partial charge in [0, 0.05) is 30.0 Å². The van der Waals surface area contributed by atoms with Crippen LogP contribution in [-0.2, 0) is 10.0 Å². The molecule has 4 aromatic rings. The van der Waals surface area contributed by atoms with Crippen LogP contribution in [0.2, 0.25) is 0 Å². The molecule has 2 aromatic carbocycles. The zero-order valence-electron chi connectivity index (χ0n) is 16.7. The van der Waals surface area contributed by atoms with E-state index in [1.54, 1.807) is 18.3 Å². The summed E-state index contributed by atoms with van der Waals surface area (Å²) in [5, 5.41) is 16.6. The van der Waals surface area contributed by atoms with Crippen molar-refractivity contribution in [1.82, 2.24) is 20.2 Å². The maximum absolute atomic E-state index is 11.6. The van der Waals surface area contributed by atoms with Crippen molar-refractivity contribution in [1.29, 1.82) is 0 Å². The van der Waals surface area contributed by atoms with E-state index in [1.165, 1.54) is 12.1 Å². The number of hydrogen-bond donors (Lipinski definition) is 3. The molecular weight excluding hydrogens is 402 g/mol. The van der Waals surface area contributed by atoms with Gasteiger partial charge < -0.3 is 10.2 Å². The van der Waals surface area contributed by atoms with Crippen LogP contribution in [0.5, 0.6) is 0 Å². The Morgan fingerprint density at radius 3 is 2.67 bits per heavy atom. The van der Waals surface area contributed by atoms with Crippen molar-refractivity contribution < 1.29 is 8.42 Å². The summed E-state index contributed by atoms with van der Waals surface area (Å²) in [6.45, 7) is 3.81. The molecule has 0 bridgehead atoms. The predicted octanol–water partition coefficient (Wildman–Crippen LogP) is 3.13. The third kappa shape index (κ3) is 3.82. The van der Waals surface area contributed by atoms with Gasteiger partial charge in [0.1, 0.15) is 5.82 Å². The summed E-state index contributed by atoms with van der Waals surface area (Å²) in [6, 6.07) is 12.4. The fourth-order valence-corrected chi connectivity index (χ4v) is 3.65. The molecule has 0 saturated heterocycles. The van der Waals surface area contributed by atoms with Crippen LogP contribution in [0, 0.1) is 13.8 Å². The highest BCUT2D eigenvalue weighted by Crippen LogP contribution is 2.27. The zero-order chi connectivity index (χ0) is 21.5. The first kappa shape index (κ1) is 19.8. The first-order valence-corrected chi connectivity index (χ1v) is 10.7. The van der Waals surface area contributed by atoms with Crippen molar-refractivity contribution in [2.45, 2.75) is 18.7 Å². The molecule has 154 valence electrons.